The Hall–Kier alpha value is -1.48. The zero-order chi connectivity index (χ0) is 28.5. The van der Waals surface area contributed by atoms with Crippen molar-refractivity contribution in [3.8, 4) is 11.5 Å². The van der Waals surface area contributed by atoms with Crippen LogP contribution >= 0.6 is 0 Å². The molecule has 0 atom stereocenters. The Labute approximate surface area is 234 Å². The van der Waals surface area contributed by atoms with E-state index in [0.717, 1.165) is 62.9 Å². The second kappa shape index (κ2) is 11.6. The summed E-state index contributed by atoms with van der Waals surface area (Å²) in [5.74, 6) is 2.28. The van der Waals surface area contributed by atoms with E-state index in [2.05, 4.69) is 85.9 Å². The Morgan fingerprint density at radius 2 is 1.29 bits per heavy atom. The molecule has 0 bridgehead atoms. The Bertz CT molecular complexity index is 950. The topological polar surface area (TPSA) is 59.0 Å². The molecule has 5 nitrogen and oxygen atoms in total. The summed E-state index contributed by atoms with van der Waals surface area (Å²) < 4.78 is 13.7. The summed E-state index contributed by atoms with van der Waals surface area (Å²) in [5.41, 5.74) is 1.27. The van der Waals surface area contributed by atoms with Gasteiger partial charge in [-0.1, -0.05) is 66.9 Å². The highest BCUT2D eigenvalue weighted by Gasteiger charge is 2.42. The summed E-state index contributed by atoms with van der Waals surface area (Å²) in [6.07, 6.45) is 8.71. The Balaban J connectivity index is 1.85. The van der Waals surface area contributed by atoms with Crippen LogP contribution in [-0.4, -0.2) is 44.8 Å². The highest BCUT2D eigenvalue weighted by molar-refractivity contribution is 6.75. The van der Waals surface area contributed by atoms with Crippen LogP contribution in [0.4, 0.5) is 4.79 Å². The highest BCUT2D eigenvalue weighted by Crippen LogP contribution is 2.46. The molecule has 0 aliphatic heterocycles. The van der Waals surface area contributed by atoms with E-state index in [9.17, 15) is 9.90 Å². The van der Waals surface area contributed by atoms with E-state index >= 15 is 0 Å². The van der Waals surface area contributed by atoms with Gasteiger partial charge in [0, 0.05) is 18.2 Å². The van der Waals surface area contributed by atoms with Gasteiger partial charge in [0.15, 0.2) is 0 Å². The second-order valence-electron chi connectivity index (χ2n) is 14.9. The molecule has 0 aromatic heterocycles. The van der Waals surface area contributed by atoms with Crippen molar-refractivity contribution in [3.63, 3.8) is 0 Å². The number of rotatable bonds is 7. The molecule has 3 rings (SSSR count). The van der Waals surface area contributed by atoms with E-state index in [4.69, 9.17) is 8.85 Å². The molecule has 0 heterocycles. The maximum absolute atomic E-state index is 12.3. The minimum absolute atomic E-state index is 0.0974. The number of amides is 1. The van der Waals surface area contributed by atoms with Gasteiger partial charge < -0.3 is 18.9 Å². The van der Waals surface area contributed by atoms with Crippen LogP contribution in [0.5, 0.6) is 11.5 Å². The van der Waals surface area contributed by atoms with E-state index in [1.54, 1.807) is 0 Å². The molecule has 2 saturated carbocycles. The van der Waals surface area contributed by atoms with Gasteiger partial charge in [0.1, 0.15) is 11.5 Å². The molecule has 2 aliphatic carbocycles. The van der Waals surface area contributed by atoms with E-state index in [1.807, 2.05) is 4.90 Å². The monoisotopic (exact) mass is 561 g/mol. The van der Waals surface area contributed by atoms with E-state index < -0.39 is 22.7 Å². The third kappa shape index (κ3) is 7.18. The number of carboxylic acid groups (broad SMARTS) is 1. The molecule has 7 heteroatoms. The number of nitrogens with zero attached hydrogens (tertiary/aromatic N) is 1. The third-order valence-electron chi connectivity index (χ3n) is 10.1. The predicted octanol–water partition coefficient (Wildman–Crippen LogP) is 9.79. The average Bonchev–Trinajstić information content (AvgIpc) is 2.78. The van der Waals surface area contributed by atoms with Gasteiger partial charge in [0.25, 0.3) is 0 Å². The normalized spacial score (nSPS) is 22.2. The van der Waals surface area contributed by atoms with Gasteiger partial charge in [0.05, 0.1) is 0 Å². The fraction of sp³-hybridized carbons (Fsp3) is 0.774. The summed E-state index contributed by atoms with van der Waals surface area (Å²) in [6, 6.07) is 6.89. The molecule has 1 aromatic rings. The molecule has 0 spiro atoms. The van der Waals surface area contributed by atoms with Crippen molar-refractivity contribution in [1.82, 2.24) is 4.90 Å². The van der Waals surface area contributed by atoms with E-state index in [0.29, 0.717) is 5.92 Å². The maximum Gasteiger partial charge on any atom is 0.407 e. The smallest absolute Gasteiger partial charge is 0.407 e. The first-order valence-corrected chi connectivity index (χ1v) is 20.8. The Morgan fingerprint density at radius 1 is 0.789 bits per heavy atom. The summed E-state index contributed by atoms with van der Waals surface area (Å²) in [7, 11) is -4.03. The fourth-order valence-corrected chi connectivity index (χ4v) is 7.57. The van der Waals surface area contributed by atoms with Crippen LogP contribution in [0.15, 0.2) is 18.2 Å². The van der Waals surface area contributed by atoms with Crippen molar-refractivity contribution in [2.75, 3.05) is 0 Å². The number of hydrogen-bond donors (Lipinski definition) is 1. The van der Waals surface area contributed by atoms with Crippen LogP contribution in [0.3, 0.4) is 0 Å². The first-order valence-electron chi connectivity index (χ1n) is 15.0. The van der Waals surface area contributed by atoms with Gasteiger partial charge in [-0.25, -0.2) is 4.79 Å². The maximum atomic E-state index is 12.3. The molecule has 2 fully saturated rings. The Kier molecular flexibility index (Phi) is 9.45. The quantitative estimate of drug-likeness (QED) is 0.337. The van der Waals surface area contributed by atoms with Crippen LogP contribution in [0.25, 0.3) is 0 Å². The molecule has 216 valence electrons. The van der Waals surface area contributed by atoms with Crippen molar-refractivity contribution >= 4 is 22.7 Å². The summed E-state index contributed by atoms with van der Waals surface area (Å²) in [5, 5.41) is 10.3. The standard InChI is InChI=1S/C31H55NO4Si2/c1-30(2,3)37(7,8)35-26-20-21-27(28(22-26)36-38(9,10)31(4,5)6)23-16-18-25(19-17-23)32(29(33)34)24-14-12-11-13-15-24/h20-25H,11-19H2,1-10H3,(H,33,34). The molecule has 0 saturated heterocycles. The number of benzene rings is 1. The van der Waals surface area contributed by atoms with Crippen LogP contribution in [0.2, 0.25) is 36.3 Å². The molecular formula is C31H55NO4Si2. The molecule has 0 radical (unpaired) electrons. The van der Waals surface area contributed by atoms with Crippen molar-refractivity contribution in [3.05, 3.63) is 23.8 Å². The van der Waals surface area contributed by atoms with Gasteiger partial charge in [-0.05, 0) is 92.3 Å². The number of hydrogen-bond acceptors (Lipinski definition) is 3. The van der Waals surface area contributed by atoms with Gasteiger partial charge in [0.2, 0.25) is 16.6 Å². The zero-order valence-electron chi connectivity index (χ0n) is 25.9. The van der Waals surface area contributed by atoms with Crippen LogP contribution in [-0.2, 0) is 0 Å². The van der Waals surface area contributed by atoms with Gasteiger partial charge >= 0.3 is 6.09 Å². The van der Waals surface area contributed by atoms with Gasteiger partial charge in [-0.3, -0.25) is 0 Å². The largest absolute Gasteiger partial charge is 0.543 e. The zero-order valence-corrected chi connectivity index (χ0v) is 27.9. The lowest BCUT2D eigenvalue weighted by atomic mass is 9.80. The minimum atomic E-state index is -2.06. The SMILES string of the molecule is CC(C)(C)[Si](C)(C)Oc1ccc(C2CCC(N(C(=O)O)C3CCCCC3)CC2)c(O[Si](C)(C)C(C)(C)C)c1. The molecule has 1 aromatic carbocycles. The van der Waals surface area contributed by atoms with Gasteiger partial charge in [-0.15, -0.1) is 0 Å². The summed E-state index contributed by atoms with van der Waals surface area (Å²) >= 11 is 0. The lowest BCUT2D eigenvalue weighted by Gasteiger charge is -2.42. The fourth-order valence-electron chi connectivity index (χ4n) is 5.51. The second-order valence-corrected chi connectivity index (χ2v) is 24.4. The molecule has 0 unspecified atom stereocenters. The van der Waals surface area contributed by atoms with E-state index in [-0.39, 0.29) is 22.2 Å². The Morgan fingerprint density at radius 3 is 1.79 bits per heavy atom. The third-order valence-corrected chi connectivity index (χ3v) is 18.8. The summed E-state index contributed by atoms with van der Waals surface area (Å²) in [4.78, 5) is 14.1. The number of carbonyl (C=O) groups is 1. The lowest BCUT2D eigenvalue weighted by molar-refractivity contribution is 0.0681. The first-order chi connectivity index (χ1) is 17.4. The van der Waals surface area contributed by atoms with Crippen LogP contribution in [0.1, 0.15) is 111 Å². The first kappa shape index (κ1) is 31.1. The predicted molar refractivity (Wildman–Crippen MR) is 164 cm³/mol. The highest BCUT2D eigenvalue weighted by atomic mass is 28.4. The molecule has 1 N–H and O–H groups in total. The van der Waals surface area contributed by atoms with Crippen molar-refractivity contribution < 1.29 is 18.8 Å². The minimum Gasteiger partial charge on any atom is -0.543 e. The molecule has 38 heavy (non-hydrogen) atoms. The van der Waals surface area contributed by atoms with Crippen LogP contribution < -0.4 is 8.85 Å². The van der Waals surface area contributed by atoms with Crippen LogP contribution in [0, 0.1) is 0 Å². The average molecular weight is 562 g/mol. The molecular weight excluding hydrogens is 507 g/mol. The molecule has 2 aliphatic rings. The van der Waals surface area contributed by atoms with Crippen molar-refractivity contribution in [2.24, 2.45) is 0 Å². The lowest BCUT2D eigenvalue weighted by Crippen LogP contribution is -2.48. The summed E-state index contributed by atoms with van der Waals surface area (Å²) in [6.45, 7) is 22.9. The van der Waals surface area contributed by atoms with E-state index in [1.165, 1.54) is 12.0 Å². The molecule has 1 amide bonds. The van der Waals surface area contributed by atoms with Crippen molar-refractivity contribution in [2.45, 2.75) is 154 Å². The van der Waals surface area contributed by atoms with Gasteiger partial charge in [-0.2, -0.15) is 0 Å². The van der Waals surface area contributed by atoms with Crippen molar-refractivity contribution in [1.29, 1.82) is 0 Å².